The lowest BCUT2D eigenvalue weighted by Crippen LogP contribution is -2.11. The topological polar surface area (TPSA) is 43.1 Å². The van der Waals surface area contributed by atoms with E-state index in [2.05, 4.69) is 0 Å². The molecule has 0 aliphatic rings. The first-order valence-corrected chi connectivity index (χ1v) is 4.74. The van der Waals surface area contributed by atoms with Gasteiger partial charge in [0.2, 0.25) is 0 Å². The van der Waals surface area contributed by atoms with Gasteiger partial charge in [-0.05, 0) is 19.1 Å². The molecule has 0 unspecified atom stereocenters. The molecule has 2 N–H and O–H groups in total. The summed E-state index contributed by atoms with van der Waals surface area (Å²) < 4.78 is 0. The summed E-state index contributed by atoms with van der Waals surface area (Å²) in [5.74, 6) is -0.378. The van der Waals surface area contributed by atoms with Crippen LogP contribution in [-0.4, -0.2) is 5.91 Å². The Hall–Kier alpha value is -1.22. The molecule has 1 aromatic rings. The largest absolute Gasteiger partial charge is 0.365 e. The Labute approximate surface area is 81.8 Å². The van der Waals surface area contributed by atoms with Gasteiger partial charge in [0, 0.05) is 4.90 Å². The minimum Gasteiger partial charge on any atom is -0.365 e. The number of carbonyl (C=O) groups is 1. The van der Waals surface area contributed by atoms with Crippen LogP contribution in [0.2, 0.25) is 0 Å². The molecule has 0 spiro atoms. The third kappa shape index (κ3) is 2.95. The van der Waals surface area contributed by atoms with Crippen LogP contribution >= 0.6 is 11.8 Å². The molecule has 3 heteroatoms. The molecular weight excluding hydrogens is 182 g/mol. The highest BCUT2D eigenvalue weighted by atomic mass is 32.2. The summed E-state index contributed by atoms with van der Waals surface area (Å²) in [5.41, 5.74) is 5.17. The number of thioether (sulfide) groups is 1. The number of carbonyl (C=O) groups excluding carboxylic acids is 1. The van der Waals surface area contributed by atoms with Crippen molar-refractivity contribution < 1.29 is 4.79 Å². The number of primary amides is 1. The van der Waals surface area contributed by atoms with E-state index < -0.39 is 0 Å². The summed E-state index contributed by atoms with van der Waals surface area (Å²) in [6.07, 6.45) is 1.72. The first kappa shape index (κ1) is 9.86. The summed E-state index contributed by atoms with van der Waals surface area (Å²) in [6, 6.07) is 9.67. The van der Waals surface area contributed by atoms with Gasteiger partial charge in [0.15, 0.2) is 0 Å². The third-order valence-corrected chi connectivity index (χ3v) is 2.64. The van der Waals surface area contributed by atoms with Crippen LogP contribution < -0.4 is 5.73 Å². The van der Waals surface area contributed by atoms with Crippen molar-refractivity contribution in [2.45, 2.75) is 11.8 Å². The zero-order chi connectivity index (χ0) is 9.68. The summed E-state index contributed by atoms with van der Waals surface area (Å²) >= 11 is 1.38. The van der Waals surface area contributed by atoms with Gasteiger partial charge in [-0.15, -0.1) is 0 Å². The third-order valence-electron chi connectivity index (χ3n) is 1.48. The molecule has 0 radical (unpaired) electrons. The number of nitrogens with two attached hydrogens (primary N) is 1. The van der Waals surface area contributed by atoms with E-state index in [1.807, 2.05) is 30.3 Å². The average Bonchev–Trinajstić information content (AvgIpc) is 2.15. The molecule has 1 rings (SSSR count). The van der Waals surface area contributed by atoms with Crippen LogP contribution in [0.5, 0.6) is 0 Å². The molecule has 0 heterocycles. The van der Waals surface area contributed by atoms with Crippen molar-refractivity contribution in [2.24, 2.45) is 5.73 Å². The monoisotopic (exact) mass is 193 g/mol. The predicted molar refractivity (Wildman–Crippen MR) is 55.3 cm³/mol. The lowest BCUT2D eigenvalue weighted by Gasteiger charge is -2.01. The fourth-order valence-electron chi connectivity index (χ4n) is 0.867. The molecule has 1 aromatic carbocycles. The second-order valence-electron chi connectivity index (χ2n) is 2.43. The number of hydrogen-bond acceptors (Lipinski definition) is 2. The Morgan fingerprint density at radius 2 is 2.00 bits per heavy atom. The average molecular weight is 193 g/mol. The Morgan fingerprint density at radius 3 is 2.46 bits per heavy atom. The lowest BCUT2D eigenvalue weighted by atomic mass is 10.4. The Bertz CT molecular complexity index is 319. The molecule has 0 aliphatic carbocycles. The highest BCUT2D eigenvalue weighted by Crippen LogP contribution is 2.25. The molecule has 68 valence electrons. The van der Waals surface area contributed by atoms with Crippen molar-refractivity contribution in [1.82, 2.24) is 0 Å². The normalized spacial score (nSPS) is 11.3. The molecule has 2 nitrogen and oxygen atoms in total. The van der Waals surface area contributed by atoms with Crippen LogP contribution in [0, 0.1) is 0 Å². The van der Waals surface area contributed by atoms with Gasteiger partial charge in [0.25, 0.3) is 5.91 Å². The first-order valence-electron chi connectivity index (χ1n) is 3.93. The zero-order valence-corrected chi connectivity index (χ0v) is 8.17. The molecule has 0 saturated carbocycles. The first-order chi connectivity index (χ1) is 6.24. The van der Waals surface area contributed by atoms with E-state index >= 15 is 0 Å². The van der Waals surface area contributed by atoms with Crippen molar-refractivity contribution >= 4 is 17.7 Å². The Morgan fingerprint density at radius 1 is 1.38 bits per heavy atom. The summed E-state index contributed by atoms with van der Waals surface area (Å²) in [7, 11) is 0. The fraction of sp³-hybridized carbons (Fsp3) is 0.100. The smallest absolute Gasteiger partial charge is 0.255 e. The highest BCUT2D eigenvalue weighted by Gasteiger charge is 2.04. The van der Waals surface area contributed by atoms with E-state index in [-0.39, 0.29) is 5.91 Å². The van der Waals surface area contributed by atoms with Crippen LogP contribution in [0.15, 0.2) is 46.2 Å². The lowest BCUT2D eigenvalue weighted by molar-refractivity contribution is -0.113. The number of hydrogen-bond donors (Lipinski definition) is 1. The summed E-state index contributed by atoms with van der Waals surface area (Å²) in [4.78, 5) is 12.5. The molecular formula is C10H11NOS. The fourth-order valence-corrected chi connectivity index (χ4v) is 1.63. The molecule has 13 heavy (non-hydrogen) atoms. The van der Waals surface area contributed by atoms with Gasteiger partial charge in [0.1, 0.15) is 0 Å². The van der Waals surface area contributed by atoms with Crippen LogP contribution in [0.4, 0.5) is 0 Å². The van der Waals surface area contributed by atoms with Crippen LogP contribution in [0.25, 0.3) is 0 Å². The van der Waals surface area contributed by atoms with Gasteiger partial charge in [0.05, 0.1) is 4.91 Å². The van der Waals surface area contributed by atoms with Gasteiger partial charge in [-0.25, -0.2) is 0 Å². The van der Waals surface area contributed by atoms with Gasteiger partial charge in [-0.2, -0.15) is 0 Å². The van der Waals surface area contributed by atoms with E-state index in [9.17, 15) is 4.79 Å². The van der Waals surface area contributed by atoms with E-state index in [0.717, 1.165) is 4.90 Å². The molecule has 0 aromatic heterocycles. The second kappa shape index (κ2) is 4.72. The van der Waals surface area contributed by atoms with Gasteiger partial charge in [-0.1, -0.05) is 36.0 Å². The van der Waals surface area contributed by atoms with Crippen molar-refractivity contribution in [2.75, 3.05) is 0 Å². The van der Waals surface area contributed by atoms with Gasteiger partial charge < -0.3 is 5.73 Å². The van der Waals surface area contributed by atoms with Gasteiger partial charge in [-0.3, -0.25) is 4.79 Å². The van der Waals surface area contributed by atoms with Crippen molar-refractivity contribution in [3.05, 3.63) is 41.3 Å². The molecule has 0 atom stereocenters. The quantitative estimate of drug-likeness (QED) is 0.590. The zero-order valence-electron chi connectivity index (χ0n) is 7.36. The van der Waals surface area contributed by atoms with Gasteiger partial charge >= 0.3 is 0 Å². The minimum absolute atomic E-state index is 0.378. The number of benzene rings is 1. The predicted octanol–water partition coefficient (Wildman–Crippen LogP) is 2.17. The highest BCUT2D eigenvalue weighted by molar-refractivity contribution is 8.04. The number of allylic oxidation sites excluding steroid dienone is 1. The van der Waals surface area contributed by atoms with Crippen LogP contribution in [-0.2, 0) is 4.79 Å². The second-order valence-corrected chi connectivity index (χ2v) is 3.55. The van der Waals surface area contributed by atoms with Crippen molar-refractivity contribution in [3.63, 3.8) is 0 Å². The molecule has 0 aliphatic heterocycles. The molecule has 1 amide bonds. The van der Waals surface area contributed by atoms with Crippen LogP contribution in [0.1, 0.15) is 6.92 Å². The van der Waals surface area contributed by atoms with E-state index in [1.165, 1.54) is 11.8 Å². The maximum absolute atomic E-state index is 10.9. The van der Waals surface area contributed by atoms with E-state index in [1.54, 1.807) is 13.0 Å². The van der Waals surface area contributed by atoms with Crippen molar-refractivity contribution in [3.8, 4) is 0 Å². The summed E-state index contributed by atoms with van der Waals surface area (Å²) in [6.45, 7) is 1.80. The minimum atomic E-state index is -0.378. The van der Waals surface area contributed by atoms with Crippen molar-refractivity contribution in [1.29, 1.82) is 0 Å². The Kier molecular flexibility index (Phi) is 3.58. The molecule has 0 saturated heterocycles. The van der Waals surface area contributed by atoms with E-state index in [4.69, 9.17) is 5.73 Å². The SMILES string of the molecule is C/C=C(\Sc1ccccc1)C(N)=O. The maximum Gasteiger partial charge on any atom is 0.255 e. The number of rotatable bonds is 3. The molecule has 0 bridgehead atoms. The summed E-state index contributed by atoms with van der Waals surface area (Å²) in [5, 5.41) is 0. The maximum atomic E-state index is 10.9. The van der Waals surface area contributed by atoms with Crippen LogP contribution in [0.3, 0.4) is 0 Å². The van der Waals surface area contributed by atoms with E-state index in [0.29, 0.717) is 4.91 Å². The standard InChI is InChI=1S/C10H11NOS/c1-2-9(10(11)12)13-8-6-4-3-5-7-8/h2-7H,1H3,(H2,11,12)/b9-2-. The Balaban J connectivity index is 2.74. The molecule has 0 fully saturated rings. The number of amides is 1.